The van der Waals surface area contributed by atoms with Crippen LogP contribution < -0.4 is 0 Å². The monoisotopic (exact) mass is 491 g/mol. The van der Waals surface area contributed by atoms with Crippen LogP contribution >= 0.6 is 22.6 Å². The van der Waals surface area contributed by atoms with Crippen LogP contribution in [0.25, 0.3) is 5.70 Å². The van der Waals surface area contributed by atoms with Gasteiger partial charge in [0.25, 0.3) is 0 Å². The normalized spacial score (nSPS) is 39.6. The Kier molecular flexibility index (Phi) is 4.53. The molecule has 0 amide bonds. The minimum Gasteiger partial charge on any atom is -0.498 e. The number of rotatable bonds is 3. The fourth-order valence-corrected chi connectivity index (χ4v) is 7.69. The average Bonchev–Trinajstić information content (AvgIpc) is 3.31. The smallest absolute Gasteiger partial charge is 0.0963 e. The summed E-state index contributed by atoms with van der Waals surface area (Å²) in [5.41, 5.74) is 3.31. The molecule has 0 N–H and O–H groups in total. The largest absolute Gasteiger partial charge is 0.498 e. The van der Waals surface area contributed by atoms with Crippen molar-refractivity contribution >= 4 is 28.3 Å². The Morgan fingerprint density at radius 3 is 2.71 bits per heavy atom. The Morgan fingerprint density at radius 1 is 1.18 bits per heavy atom. The summed E-state index contributed by atoms with van der Waals surface area (Å²) in [4.78, 5) is 1.90. The molecule has 4 aliphatic carbocycles. The molecule has 0 unspecified atom stereocenters. The van der Waals surface area contributed by atoms with Gasteiger partial charge >= 0.3 is 0 Å². The van der Waals surface area contributed by atoms with Crippen molar-refractivity contribution in [1.82, 2.24) is 15.0 Å². The van der Waals surface area contributed by atoms with Crippen molar-refractivity contribution in [2.75, 3.05) is 6.61 Å². The minimum atomic E-state index is 0.196. The molecule has 1 fully saturated rings. The maximum atomic E-state index is 5.95. The lowest BCUT2D eigenvalue weighted by Gasteiger charge is -2.57. The van der Waals surface area contributed by atoms with Gasteiger partial charge in [-0.3, -0.25) is 0 Å². The van der Waals surface area contributed by atoms with E-state index in [4.69, 9.17) is 4.74 Å². The van der Waals surface area contributed by atoms with Crippen LogP contribution in [-0.2, 0) is 4.74 Å². The molecule has 5 atom stereocenters. The van der Waals surface area contributed by atoms with E-state index in [-0.39, 0.29) is 5.41 Å². The Bertz CT molecular complexity index is 870. The molecule has 0 radical (unpaired) electrons. The Hall–Kier alpha value is -1.11. The first-order chi connectivity index (χ1) is 13.5. The molecule has 0 saturated heterocycles. The van der Waals surface area contributed by atoms with E-state index in [0.29, 0.717) is 11.3 Å². The molecule has 0 spiro atoms. The van der Waals surface area contributed by atoms with E-state index in [2.05, 4.69) is 65.7 Å². The van der Waals surface area contributed by atoms with Gasteiger partial charge in [-0.15, -0.1) is 0 Å². The van der Waals surface area contributed by atoms with Crippen LogP contribution in [-0.4, -0.2) is 21.6 Å². The van der Waals surface area contributed by atoms with Crippen molar-refractivity contribution in [3.05, 3.63) is 39.5 Å². The first-order valence-corrected chi connectivity index (χ1v) is 11.8. The standard InChI is InChI=1S/C23H30IN3O/c1-4-28-15-7-9-22(2)18-8-10-23(3)17(5-6-21(23)24)16(18)14-20(19(22)13-15)27-25-11-12-26-27/h6,11-13,16-18H,4-5,7-10,14H2,1-3H3/t16-,17-,18-,22+,23-/m0/s1. The van der Waals surface area contributed by atoms with Crippen LogP contribution in [0.2, 0.25) is 0 Å². The van der Waals surface area contributed by atoms with Crippen LogP contribution in [0.3, 0.4) is 0 Å². The molecule has 1 heterocycles. The zero-order valence-electron chi connectivity index (χ0n) is 17.1. The van der Waals surface area contributed by atoms with Crippen LogP contribution in [0.15, 0.2) is 39.5 Å². The number of ether oxygens (including phenoxy) is 1. The van der Waals surface area contributed by atoms with Gasteiger partial charge in [-0.05, 0) is 100 Å². The molecule has 0 bridgehead atoms. The van der Waals surface area contributed by atoms with Gasteiger partial charge in [-0.25, -0.2) is 0 Å². The number of allylic oxidation sites excluding steroid dienone is 6. The second-order valence-corrected chi connectivity index (χ2v) is 10.6. The first kappa shape index (κ1) is 18.9. The van der Waals surface area contributed by atoms with E-state index < -0.39 is 0 Å². The molecule has 0 aliphatic heterocycles. The summed E-state index contributed by atoms with van der Waals surface area (Å²) in [5.74, 6) is 3.34. The second kappa shape index (κ2) is 6.71. The molecule has 4 aliphatic rings. The lowest BCUT2D eigenvalue weighted by Crippen LogP contribution is -2.49. The number of hydrogen-bond acceptors (Lipinski definition) is 3. The first-order valence-electron chi connectivity index (χ1n) is 10.8. The third-order valence-corrected chi connectivity index (χ3v) is 9.96. The van der Waals surface area contributed by atoms with Crippen molar-refractivity contribution in [2.24, 2.45) is 28.6 Å². The lowest BCUT2D eigenvalue weighted by molar-refractivity contribution is -0.00786. The minimum absolute atomic E-state index is 0.196. The van der Waals surface area contributed by atoms with Crippen molar-refractivity contribution in [1.29, 1.82) is 0 Å². The zero-order chi connectivity index (χ0) is 19.5. The fourth-order valence-electron chi connectivity index (χ4n) is 6.77. The molecule has 0 aromatic carbocycles. The SMILES string of the molecule is CCOC1=CC2=C(n3nccn3)C[C@@H]3[C@H](CC[C@]4(C)C(I)=CC[C@@H]34)[C@@]2(C)CC1. The zero-order valence-corrected chi connectivity index (χ0v) is 19.3. The number of halogens is 1. The Balaban J connectivity index is 1.63. The van der Waals surface area contributed by atoms with Gasteiger partial charge in [-0.2, -0.15) is 15.0 Å². The summed E-state index contributed by atoms with van der Waals surface area (Å²) < 4.78 is 7.54. The molecule has 4 nitrogen and oxygen atoms in total. The Labute approximate surface area is 181 Å². The van der Waals surface area contributed by atoms with Crippen molar-refractivity contribution in [2.45, 2.75) is 59.3 Å². The summed E-state index contributed by atoms with van der Waals surface area (Å²) in [6.45, 7) is 7.84. The summed E-state index contributed by atoms with van der Waals surface area (Å²) in [7, 11) is 0. The van der Waals surface area contributed by atoms with Crippen LogP contribution in [0.5, 0.6) is 0 Å². The van der Waals surface area contributed by atoms with Crippen LogP contribution in [0.1, 0.15) is 59.3 Å². The highest BCUT2D eigenvalue weighted by Crippen LogP contribution is 2.66. The molecule has 5 rings (SSSR count). The van der Waals surface area contributed by atoms with Gasteiger partial charge in [0, 0.05) is 11.8 Å². The highest BCUT2D eigenvalue weighted by Gasteiger charge is 2.57. The predicted molar refractivity (Wildman–Crippen MR) is 119 cm³/mol. The lowest BCUT2D eigenvalue weighted by atomic mass is 9.48. The quantitative estimate of drug-likeness (QED) is 0.488. The van der Waals surface area contributed by atoms with E-state index >= 15 is 0 Å². The summed E-state index contributed by atoms with van der Waals surface area (Å²) >= 11 is 2.61. The molecule has 1 aromatic rings. The third kappa shape index (κ3) is 2.60. The Morgan fingerprint density at radius 2 is 1.96 bits per heavy atom. The molecule has 5 heteroatoms. The van der Waals surface area contributed by atoms with Crippen LogP contribution in [0.4, 0.5) is 0 Å². The van der Waals surface area contributed by atoms with Gasteiger partial charge in [0.05, 0.1) is 30.5 Å². The number of aromatic nitrogens is 3. The van der Waals surface area contributed by atoms with Gasteiger partial charge in [0.1, 0.15) is 0 Å². The van der Waals surface area contributed by atoms with E-state index in [0.717, 1.165) is 37.0 Å². The van der Waals surface area contributed by atoms with Gasteiger partial charge in [-0.1, -0.05) is 19.9 Å². The summed E-state index contributed by atoms with van der Waals surface area (Å²) in [6.07, 6.45) is 15.7. The predicted octanol–water partition coefficient (Wildman–Crippen LogP) is 5.98. The molecule has 28 heavy (non-hydrogen) atoms. The topological polar surface area (TPSA) is 39.9 Å². The van der Waals surface area contributed by atoms with Gasteiger partial charge < -0.3 is 4.74 Å². The maximum absolute atomic E-state index is 5.95. The second-order valence-electron chi connectivity index (χ2n) is 9.46. The molecule has 1 aromatic heterocycles. The van der Waals surface area contributed by atoms with E-state index in [1.54, 1.807) is 16.0 Å². The van der Waals surface area contributed by atoms with Crippen molar-refractivity contribution in [3.8, 4) is 0 Å². The highest BCUT2D eigenvalue weighted by atomic mass is 127. The van der Waals surface area contributed by atoms with E-state index in [1.807, 2.05) is 4.80 Å². The highest BCUT2D eigenvalue weighted by molar-refractivity contribution is 14.1. The van der Waals surface area contributed by atoms with Gasteiger partial charge in [0.2, 0.25) is 0 Å². The van der Waals surface area contributed by atoms with Crippen LogP contribution in [0, 0.1) is 28.6 Å². The number of fused-ring (bicyclic) bond motifs is 5. The van der Waals surface area contributed by atoms with Crippen molar-refractivity contribution < 1.29 is 4.74 Å². The maximum Gasteiger partial charge on any atom is 0.0963 e. The molecule has 1 saturated carbocycles. The van der Waals surface area contributed by atoms with Crippen molar-refractivity contribution in [3.63, 3.8) is 0 Å². The number of hydrogen-bond donors (Lipinski definition) is 0. The third-order valence-electron chi connectivity index (χ3n) is 8.28. The molecular formula is C23H30IN3O. The average molecular weight is 491 g/mol. The van der Waals surface area contributed by atoms with E-state index in [9.17, 15) is 0 Å². The fraction of sp³-hybridized carbons (Fsp3) is 0.652. The van der Waals surface area contributed by atoms with Gasteiger partial charge in [0.15, 0.2) is 0 Å². The number of nitrogens with zero attached hydrogens (tertiary/aromatic N) is 3. The molecule has 150 valence electrons. The molecular weight excluding hydrogens is 461 g/mol. The summed E-state index contributed by atoms with van der Waals surface area (Å²) in [6, 6.07) is 0. The summed E-state index contributed by atoms with van der Waals surface area (Å²) in [5, 5.41) is 9.10. The van der Waals surface area contributed by atoms with E-state index in [1.165, 1.54) is 37.0 Å².